The van der Waals surface area contributed by atoms with E-state index in [1.54, 1.807) is 0 Å². The molecule has 0 aliphatic carbocycles. The Morgan fingerprint density at radius 3 is 2.81 bits per heavy atom. The van der Waals surface area contributed by atoms with Crippen LogP contribution in [0.5, 0.6) is 11.5 Å². The Labute approximate surface area is 189 Å². The smallest absolute Gasteiger partial charge is 0.224 e. The minimum absolute atomic E-state index is 0.210. The van der Waals surface area contributed by atoms with E-state index in [1.165, 1.54) is 11.8 Å². The third kappa shape index (κ3) is 4.94. The third-order valence-corrected chi connectivity index (χ3v) is 5.74. The maximum absolute atomic E-state index is 8.96. The number of anilines is 2. The number of aromatic nitrogens is 2. The number of hydrogen-bond acceptors (Lipinski definition) is 8. The number of nitrogens with zero attached hydrogens (tertiary/aromatic N) is 4. The van der Waals surface area contributed by atoms with Crippen molar-refractivity contribution < 1.29 is 9.47 Å². The van der Waals surface area contributed by atoms with Crippen LogP contribution in [0.4, 0.5) is 11.8 Å². The SMILES string of the molecule is CCOc1cc(CN2CCC(Nc3ncc(C#N)c(N)n3)CC2)cc2c1OC(C)(C)C=C2. The van der Waals surface area contributed by atoms with Gasteiger partial charge in [0.15, 0.2) is 11.5 Å². The first-order valence-corrected chi connectivity index (χ1v) is 11.1. The van der Waals surface area contributed by atoms with Gasteiger partial charge in [0.25, 0.3) is 0 Å². The van der Waals surface area contributed by atoms with Gasteiger partial charge in [-0.15, -0.1) is 0 Å². The molecule has 3 N–H and O–H groups in total. The van der Waals surface area contributed by atoms with E-state index in [0.717, 1.165) is 49.5 Å². The molecule has 32 heavy (non-hydrogen) atoms. The summed E-state index contributed by atoms with van der Waals surface area (Å²) in [4.78, 5) is 10.8. The van der Waals surface area contributed by atoms with Crippen molar-refractivity contribution in [1.29, 1.82) is 5.26 Å². The highest BCUT2D eigenvalue weighted by Crippen LogP contribution is 2.40. The first-order chi connectivity index (χ1) is 15.4. The summed E-state index contributed by atoms with van der Waals surface area (Å²) in [5.74, 6) is 2.32. The van der Waals surface area contributed by atoms with Gasteiger partial charge in [0.2, 0.25) is 5.95 Å². The third-order valence-electron chi connectivity index (χ3n) is 5.74. The van der Waals surface area contributed by atoms with E-state index < -0.39 is 0 Å². The Morgan fingerprint density at radius 2 is 2.12 bits per heavy atom. The highest BCUT2D eigenvalue weighted by Gasteiger charge is 2.26. The second-order valence-electron chi connectivity index (χ2n) is 8.78. The fourth-order valence-corrected chi connectivity index (χ4v) is 4.08. The van der Waals surface area contributed by atoms with Crippen LogP contribution < -0.4 is 20.5 Å². The van der Waals surface area contributed by atoms with Crippen LogP contribution in [0.1, 0.15) is 50.3 Å². The van der Waals surface area contributed by atoms with Crippen molar-refractivity contribution in [2.75, 3.05) is 30.7 Å². The number of benzene rings is 1. The minimum atomic E-state index is -0.335. The summed E-state index contributed by atoms with van der Waals surface area (Å²) in [7, 11) is 0. The van der Waals surface area contributed by atoms with E-state index in [1.807, 2.05) is 26.8 Å². The molecule has 8 nitrogen and oxygen atoms in total. The Balaban J connectivity index is 1.38. The van der Waals surface area contributed by atoms with Gasteiger partial charge in [-0.05, 0) is 57.4 Å². The molecule has 0 saturated carbocycles. The Kier molecular flexibility index (Phi) is 6.19. The van der Waals surface area contributed by atoms with Crippen LogP contribution in [-0.4, -0.2) is 46.2 Å². The van der Waals surface area contributed by atoms with Gasteiger partial charge in [-0.2, -0.15) is 10.2 Å². The standard InChI is InChI=1S/C24H30N6O2/c1-4-31-20-12-16(11-17-5-8-24(2,3)32-21(17)20)15-30-9-6-19(7-10-30)28-23-27-14-18(13-25)22(26)29-23/h5,8,11-12,14,19H,4,6-7,9-10,15H2,1-3H3,(H3,26,27,28,29). The van der Waals surface area contributed by atoms with Crippen molar-refractivity contribution >= 4 is 17.8 Å². The quantitative estimate of drug-likeness (QED) is 0.710. The van der Waals surface area contributed by atoms with Crippen molar-refractivity contribution in [2.24, 2.45) is 0 Å². The molecule has 2 aliphatic rings. The molecular formula is C24H30N6O2. The van der Waals surface area contributed by atoms with E-state index in [4.69, 9.17) is 20.5 Å². The summed E-state index contributed by atoms with van der Waals surface area (Å²) < 4.78 is 12.1. The second kappa shape index (κ2) is 9.05. The summed E-state index contributed by atoms with van der Waals surface area (Å²) in [5, 5.41) is 12.3. The molecule has 8 heteroatoms. The lowest BCUT2D eigenvalue weighted by molar-refractivity contribution is 0.149. The zero-order valence-electron chi connectivity index (χ0n) is 18.9. The largest absolute Gasteiger partial charge is 0.490 e. The molecule has 2 aromatic rings. The highest BCUT2D eigenvalue weighted by molar-refractivity contribution is 5.66. The van der Waals surface area contributed by atoms with Crippen LogP contribution >= 0.6 is 0 Å². The van der Waals surface area contributed by atoms with Gasteiger partial charge in [-0.3, -0.25) is 4.90 Å². The lowest BCUT2D eigenvalue weighted by Gasteiger charge is -2.33. The van der Waals surface area contributed by atoms with Crippen molar-refractivity contribution in [3.63, 3.8) is 0 Å². The molecule has 0 radical (unpaired) electrons. The average molecular weight is 435 g/mol. The Hall–Kier alpha value is -3.31. The van der Waals surface area contributed by atoms with Crippen LogP contribution in [0.15, 0.2) is 24.4 Å². The summed E-state index contributed by atoms with van der Waals surface area (Å²) in [5.41, 5.74) is 8.04. The minimum Gasteiger partial charge on any atom is -0.490 e. The number of hydrogen-bond donors (Lipinski definition) is 2. The lowest BCUT2D eigenvalue weighted by atomic mass is 9.99. The number of nitriles is 1. The maximum atomic E-state index is 8.96. The van der Waals surface area contributed by atoms with Crippen LogP contribution in [0.25, 0.3) is 6.08 Å². The number of fused-ring (bicyclic) bond motifs is 1. The predicted molar refractivity (Wildman–Crippen MR) is 124 cm³/mol. The van der Waals surface area contributed by atoms with Gasteiger partial charge in [-0.1, -0.05) is 6.08 Å². The first-order valence-electron chi connectivity index (χ1n) is 11.1. The van der Waals surface area contributed by atoms with Crippen molar-refractivity contribution in [1.82, 2.24) is 14.9 Å². The van der Waals surface area contributed by atoms with E-state index in [0.29, 0.717) is 18.1 Å². The van der Waals surface area contributed by atoms with Gasteiger partial charge in [0.05, 0.1) is 12.8 Å². The zero-order valence-corrected chi connectivity index (χ0v) is 18.9. The van der Waals surface area contributed by atoms with Gasteiger partial charge in [-0.25, -0.2) is 4.98 Å². The van der Waals surface area contributed by atoms with E-state index >= 15 is 0 Å². The Bertz CT molecular complexity index is 1050. The molecule has 2 aliphatic heterocycles. The predicted octanol–water partition coefficient (Wildman–Crippen LogP) is 3.59. The number of ether oxygens (including phenoxy) is 2. The maximum Gasteiger partial charge on any atom is 0.224 e. The number of nitrogens with two attached hydrogens (primary N) is 1. The molecule has 3 heterocycles. The number of rotatable bonds is 6. The summed E-state index contributed by atoms with van der Waals surface area (Å²) in [6.45, 7) is 9.47. The summed E-state index contributed by atoms with van der Waals surface area (Å²) >= 11 is 0. The van der Waals surface area contributed by atoms with Gasteiger partial charge < -0.3 is 20.5 Å². The first kappa shape index (κ1) is 21.9. The van der Waals surface area contributed by atoms with E-state index in [2.05, 4.69) is 44.5 Å². The fraction of sp³-hybridized carbons (Fsp3) is 0.458. The molecule has 1 aromatic heterocycles. The summed E-state index contributed by atoms with van der Waals surface area (Å²) in [6, 6.07) is 6.56. The zero-order chi connectivity index (χ0) is 22.7. The number of likely N-dealkylation sites (tertiary alicyclic amines) is 1. The molecule has 0 amide bonds. The molecule has 1 fully saturated rings. The van der Waals surface area contributed by atoms with Crippen LogP contribution in [0, 0.1) is 11.3 Å². The molecule has 0 spiro atoms. The Morgan fingerprint density at radius 1 is 1.34 bits per heavy atom. The average Bonchev–Trinajstić information content (AvgIpc) is 2.76. The second-order valence-corrected chi connectivity index (χ2v) is 8.78. The van der Waals surface area contributed by atoms with Crippen LogP contribution in [-0.2, 0) is 6.54 Å². The molecule has 1 aromatic carbocycles. The van der Waals surface area contributed by atoms with Crippen molar-refractivity contribution in [3.05, 3.63) is 41.1 Å². The fourth-order valence-electron chi connectivity index (χ4n) is 4.08. The molecule has 1 saturated heterocycles. The van der Waals surface area contributed by atoms with Crippen molar-refractivity contribution in [3.8, 4) is 17.6 Å². The van der Waals surface area contributed by atoms with Gasteiger partial charge in [0, 0.05) is 31.2 Å². The van der Waals surface area contributed by atoms with Crippen LogP contribution in [0.3, 0.4) is 0 Å². The monoisotopic (exact) mass is 434 g/mol. The molecule has 4 rings (SSSR count). The summed E-state index contributed by atoms with van der Waals surface area (Å²) in [6.07, 6.45) is 7.63. The topological polar surface area (TPSA) is 109 Å². The molecule has 0 unspecified atom stereocenters. The van der Waals surface area contributed by atoms with Crippen molar-refractivity contribution in [2.45, 2.75) is 51.8 Å². The number of piperidine rings is 1. The molecule has 0 atom stereocenters. The molecule has 0 bridgehead atoms. The highest BCUT2D eigenvalue weighted by atomic mass is 16.5. The van der Waals surface area contributed by atoms with Crippen LogP contribution in [0.2, 0.25) is 0 Å². The van der Waals surface area contributed by atoms with Gasteiger partial charge in [0.1, 0.15) is 23.1 Å². The normalized spacial score (nSPS) is 17.8. The van der Waals surface area contributed by atoms with E-state index in [9.17, 15) is 0 Å². The lowest BCUT2D eigenvalue weighted by Crippen LogP contribution is -2.39. The molecule has 168 valence electrons. The number of nitrogen functional groups attached to an aromatic ring is 1. The van der Waals surface area contributed by atoms with Gasteiger partial charge >= 0.3 is 0 Å². The molecular weight excluding hydrogens is 404 g/mol. The van der Waals surface area contributed by atoms with E-state index in [-0.39, 0.29) is 17.5 Å². The number of nitrogens with one attached hydrogen (secondary N) is 1.